The highest BCUT2D eigenvalue weighted by atomic mass is 32.2. The molecule has 1 aliphatic rings. The molecule has 0 radical (unpaired) electrons. The van der Waals surface area contributed by atoms with Gasteiger partial charge in [-0.05, 0) is 48.6 Å². The zero-order valence-corrected chi connectivity index (χ0v) is 17.5. The first-order valence-electron chi connectivity index (χ1n) is 10.2. The van der Waals surface area contributed by atoms with E-state index in [0.717, 1.165) is 35.7 Å². The van der Waals surface area contributed by atoms with Gasteiger partial charge in [0.2, 0.25) is 15.9 Å². The van der Waals surface area contributed by atoms with Crippen molar-refractivity contribution in [3.05, 3.63) is 66.7 Å². The highest BCUT2D eigenvalue weighted by Crippen LogP contribution is 2.24. The van der Waals surface area contributed by atoms with Gasteiger partial charge < -0.3 is 10.6 Å². The molecule has 1 fully saturated rings. The average Bonchev–Trinajstić information content (AvgIpc) is 2.79. The summed E-state index contributed by atoms with van der Waals surface area (Å²) in [6.45, 7) is 1.24. The van der Waals surface area contributed by atoms with Gasteiger partial charge in [0, 0.05) is 29.9 Å². The minimum Gasteiger partial charge on any atom is -0.376 e. The molecular formula is C23H25N3O3S. The fourth-order valence-electron chi connectivity index (χ4n) is 3.71. The topological polar surface area (TPSA) is 78.5 Å². The number of hydrogen-bond acceptors (Lipinski definition) is 4. The summed E-state index contributed by atoms with van der Waals surface area (Å²) in [6, 6.07) is 20.2. The van der Waals surface area contributed by atoms with Gasteiger partial charge in [-0.1, -0.05) is 42.8 Å². The summed E-state index contributed by atoms with van der Waals surface area (Å²) in [7, 11) is -3.45. The van der Waals surface area contributed by atoms with Crippen LogP contribution in [0.25, 0.3) is 10.8 Å². The van der Waals surface area contributed by atoms with Crippen molar-refractivity contribution in [1.82, 2.24) is 4.31 Å². The van der Waals surface area contributed by atoms with Gasteiger partial charge in [-0.2, -0.15) is 4.31 Å². The Morgan fingerprint density at radius 3 is 2.33 bits per heavy atom. The highest BCUT2D eigenvalue weighted by Gasteiger charge is 2.25. The normalized spacial score (nSPS) is 15.1. The minimum atomic E-state index is -3.45. The number of benzene rings is 3. The van der Waals surface area contributed by atoms with E-state index >= 15 is 0 Å². The second-order valence-corrected chi connectivity index (χ2v) is 9.36. The van der Waals surface area contributed by atoms with Crippen LogP contribution in [0, 0.1) is 0 Å². The lowest BCUT2D eigenvalue weighted by atomic mass is 10.1. The molecule has 2 N–H and O–H groups in total. The molecule has 6 nitrogen and oxygen atoms in total. The van der Waals surface area contributed by atoms with E-state index in [0.29, 0.717) is 18.8 Å². The van der Waals surface area contributed by atoms with E-state index in [1.807, 2.05) is 42.5 Å². The lowest BCUT2D eigenvalue weighted by molar-refractivity contribution is -0.114. The van der Waals surface area contributed by atoms with Gasteiger partial charge in [-0.15, -0.1) is 0 Å². The van der Waals surface area contributed by atoms with E-state index in [2.05, 4.69) is 10.6 Å². The van der Waals surface area contributed by atoms with Crippen LogP contribution >= 0.6 is 0 Å². The Bertz CT molecular complexity index is 1130. The first-order valence-corrected chi connectivity index (χ1v) is 11.6. The molecule has 30 heavy (non-hydrogen) atoms. The Morgan fingerprint density at radius 2 is 1.57 bits per heavy atom. The molecule has 0 atom stereocenters. The van der Waals surface area contributed by atoms with Crippen molar-refractivity contribution < 1.29 is 13.2 Å². The monoisotopic (exact) mass is 423 g/mol. The van der Waals surface area contributed by atoms with Gasteiger partial charge in [-0.3, -0.25) is 4.79 Å². The predicted molar refractivity (Wildman–Crippen MR) is 120 cm³/mol. The molecule has 3 aromatic rings. The van der Waals surface area contributed by atoms with Crippen LogP contribution in [-0.4, -0.2) is 38.3 Å². The highest BCUT2D eigenvalue weighted by molar-refractivity contribution is 7.89. The summed E-state index contributed by atoms with van der Waals surface area (Å²) in [5.74, 6) is -0.170. The van der Waals surface area contributed by atoms with Crippen LogP contribution < -0.4 is 10.6 Å². The molecule has 0 aliphatic carbocycles. The number of nitrogens with zero attached hydrogens (tertiary/aromatic N) is 1. The SMILES string of the molecule is O=C(CNc1ccc(S(=O)(=O)N2CCCCC2)cc1)Nc1cccc2ccccc12. The first kappa shape index (κ1) is 20.4. The van der Waals surface area contributed by atoms with Crippen LogP contribution in [0.1, 0.15) is 19.3 Å². The van der Waals surface area contributed by atoms with Crippen LogP contribution in [0.15, 0.2) is 71.6 Å². The Kier molecular flexibility index (Phi) is 6.01. The molecule has 3 aromatic carbocycles. The van der Waals surface area contributed by atoms with Crippen molar-refractivity contribution in [2.75, 3.05) is 30.3 Å². The van der Waals surface area contributed by atoms with Crippen molar-refractivity contribution in [3.63, 3.8) is 0 Å². The molecule has 4 rings (SSSR count). The Balaban J connectivity index is 1.37. The molecule has 1 heterocycles. The van der Waals surface area contributed by atoms with Crippen molar-refractivity contribution >= 4 is 38.1 Å². The fourth-order valence-corrected chi connectivity index (χ4v) is 5.23. The number of anilines is 2. The number of piperidine rings is 1. The maximum absolute atomic E-state index is 12.7. The van der Waals surface area contributed by atoms with Gasteiger partial charge in [0.25, 0.3) is 0 Å². The van der Waals surface area contributed by atoms with Crippen LogP contribution in [0.2, 0.25) is 0 Å². The molecule has 1 amide bonds. The van der Waals surface area contributed by atoms with E-state index in [1.165, 1.54) is 0 Å². The number of hydrogen-bond donors (Lipinski definition) is 2. The summed E-state index contributed by atoms with van der Waals surface area (Å²) in [5, 5.41) is 8.03. The maximum atomic E-state index is 12.7. The maximum Gasteiger partial charge on any atom is 0.243 e. The zero-order chi connectivity index (χ0) is 21.0. The summed E-state index contributed by atoms with van der Waals surface area (Å²) in [6.07, 6.45) is 2.89. The number of fused-ring (bicyclic) bond motifs is 1. The van der Waals surface area contributed by atoms with E-state index in [4.69, 9.17) is 0 Å². The third-order valence-corrected chi connectivity index (χ3v) is 7.24. The molecule has 0 aromatic heterocycles. The number of carbonyl (C=O) groups is 1. The number of nitrogens with one attached hydrogen (secondary N) is 2. The summed E-state index contributed by atoms with van der Waals surface area (Å²) < 4.78 is 27.0. The second kappa shape index (κ2) is 8.85. The van der Waals surface area contributed by atoms with Gasteiger partial charge in [0.1, 0.15) is 0 Å². The van der Waals surface area contributed by atoms with Crippen molar-refractivity contribution in [2.24, 2.45) is 0 Å². The number of carbonyl (C=O) groups excluding carboxylic acids is 1. The molecule has 1 aliphatic heterocycles. The number of rotatable bonds is 6. The van der Waals surface area contributed by atoms with Crippen molar-refractivity contribution in [3.8, 4) is 0 Å². The lowest BCUT2D eigenvalue weighted by Crippen LogP contribution is -2.35. The molecule has 0 saturated carbocycles. The average molecular weight is 424 g/mol. The van der Waals surface area contributed by atoms with Crippen LogP contribution in [0.5, 0.6) is 0 Å². The first-order chi connectivity index (χ1) is 14.5. The molecule has 1 saturated heterocycles. The third kappa shape index (κ3) is 4.47. The van der Waals surface area contributed by atoms with Crippen LogP contribution in [0.3, 0.4) is 0 Å². The minimum absolute atomic E-state index is 0.0848. The van der Waals surface area contributed by atoms with Crippen LogP contribution in [0.4, 0.5) is 11.4 Å². The molecule has 7 heteroatoms. The molecule has 156 valence electrons. The van der Waals surface area contributed by atoms with Crippen molar-refractivity contribution in [2.45, 2.75) is 24.2 Å². The fraction of sp³-hybridized carbons (Fsp3) is 0.261. The summed E-state index contributed by atoms with van der Waals surface area (Å²) in [4.78, 5) is 12.7. The van der Waals surface area contributed by atoms with Gasteiger partial charge in [0.15, 0.2) is 0 Å². The Hall–Kier alpha value is -2.90. The predicted octanol–water partition coefficient (Wildman–Crippen LogP) is 4.07. The summed E-state index contributed by atoms with van der Waals surface area (Å²) in [5.41, 5.74) is 1.46. The molecule has 0 bridgehead atoms. The molecular weight excluding hydrogens is 398 g/mol. The quantitative estimate of drug-likeness (QED) is 0.627. The lowest BCUT2D eigenvalue weighted by Gasteiger charge is -2.25. The largest absolute Gasteiger partial charge is 0.376 e. The third-order valence-electron chi connectivity index (χ3n) is 5.32. The number of amides is 1. The second-order valence-electron chi connectivity index (χ2n) is 7.42. The van der Waals surface area contributed by atoms with Gasteiger partial charge in [-0.25, -0.2) is 8.42 Å². The van der Waals surface area contributed by atoms with Crippen LogP contribution in [-0.2, 0) is 14.8 Å². The summed E-state index contributed by atoms with van der Waals surface area (Å²) >= 11 is 0. The number of sulfonamides is 1. The van der Waals surface area contributed by atoms with E-state index in [9.17, 15) is 13.2 Å². The Labute approximate surface area is 177 Å². The van der Waals surface area contributed by atoms with E-state index in [1.54, 1.807) is 28.6 Å². The molecule has 0 unspecified atom stereocenters. The Morgan fingerprint density at radius 1 is 0.867 bits per heavy atom. The smallest absolute Gasteiger partial charge is 0.243 e. The molecule has 0 spiro atoms. The van der Waals surface area contributed by atoms with Crippen molar-refractivity contribution in [1.29, 1.82) is 0 Å². The van der Waals surface area contributed by atoms with E-state index < -0.39 is 10.0 Å². The van der Waals surface area contributed by atoms with Gasteiger partial charge >= 0.3 is 0 Å². The van der Waals surface area contributed by atoms with E-state index in [-0.39, 0.29) is 17.3 Å². The standard InChI is InChI=1S/C23H25N3O3S/c27-23(25-22-10-6-8-18-7-2-3-9-21(18)22)17-24-19-11-13-20(14-12-19)30(28,29)26-15-4-1-5-16-26/h2-3,6-14,24H,1,4-5,15-17H2,(H,25,27). The van der Waals surface area contributed by atoms with Gasteiger partial charge in [0.05, 0.1) is 11.4 Å². The zero-order valence-electron chi connectivity index (χ0n) is 16.7.